The Labute approximate surface area is 187 Å². The normalized spacial score (nSPS) is 21.6. The molecule has 1 amide bonds. The van der Waals surface area contributed by atoms with Crippen molar-refractivity contribution in [1.82, 2.24) is 5.32 Å². The summed E-state index contributed by atoms with van der Waals surface area (Å²) in [5.74, 6) is -0.371. The number of fused-ring (bicyclic) bond motifs is 3. The summed E-state index contributed by atoms with van der Waals surface area (Å²) in [6.07, 6.45) is 5.95. The van der Waals surface area contributed by atoms with Crippen molar-refractivity contribution in [1.29, 1.82) is 0 Å². The van der Waals surface area contributed by atoms with Crippen molar-refractivity contribution < 1.29 is 23.8 Å². The van der Waals surface area contributed by atoms with Gasteiger partial charge in [0.15, 0.2) is 6.10 Å². The Kier molecular flexibility index (Phi) is 6.53. The Morgan fingerprint density at radius 2 is 1.84 bits per heavy atom. The van der Waals surface area contributed by atoms with Crippen molar-refractivity contribution >= 4 is 22.8 Å². The highest BCUT2D eigenvalue weighted by Gasteiger charge is 2.27. The minimum Gasteiger partial charge on any atom is -0.481 e. The molecule has 2 aromatic rings. The molecule has 1 aromatic heterocycles. The predicted molar refractivity (Wildman–Crippen MR) is 120 cm³/mol. The Morgan fingerprint density at radius 1 is 1.16 bits per heavy atom. The number of hydrogen-bond acceptors (Lipinski definition) is 5. The zero-order valence-electron chi connectivity index (χ0n) is 18.7. The lowest BCUT2D eigenvalue weighted by Crippen LogP contribution is -2.39. The van der Waals surface area contributed by atoms with Crippen LogP contribution in [0.1, 0.15) is 62.1 Å². The van der Waals surface area contributed by atoms with Crippen molar-refractivity contribution in [3.63, 3.8) is 0 Å². The molecule has 172 valence electrons. The van der Waals surface area contributed by atoms with E-state index in [1.54, 1.807) is 6.92 Å². The van der Waals surface area contributed by atoms with Gasteiger partial charge in [-0.25, -0.2) is 4.79 Å². The third-order valence-corrected chi connectivity index (χ3v) is 7.02. The smallest absolute Gasteiger partial charge is 0.339 e. The molecule has 7 nitrogen and oxygen atoms in total. The Bertz CT molecular complexity index is 1080. The van der Waals surface area contributed by atoms with E-state index < -0.39 is 12.1 Å². The van der Waals surface area contributed by atoms with Crippen LogP contribution in [0, 0.1) is 18.8 Å². The molecule has 0 radical (unpaired) electrons. The van der Waals surface area contributed by atoms with Gasteiger partial charge in [0, 0.05) is 23.1 Å². The van der Waals surface area contributed by atoms with Crippen LogP contribution in [0.2, 0.25) is 0 Å². The molecule has 0 bridgehead atoms. The van der Waals surface area contributed by atoms with Crippen molar-refractivity contribution in [2.75, 3.05) is 6.54 Å². The number of benzene rings is 1. The van der Waals surface area contributed by atoms with Gasteiger partial charge in [0.25, 0.3) is 5.91 Å². The van der Waals surface area contributed by atoms with E-state index in [4.69, 9.17) is 14.3 Å². The van der Waals surface area contributed by atoms with Crippen LogP contribution >= 0.6 is 0 Å². The molecule has 0 aliphatic heterocycles. The number of ether oxygens (including phenoxy) is 1. The Morgan fingerprint density at radius 3 is 2.53 bits per heavy atom. The number of carbonyl (C=O) groups is 2. The van der Waals surface area contributed by atoms with E-state index in [9.17, 15) is 14.4 Å². The molecule has 1 heterocycles. The maximum absolute atomic E-state index is 12.6. The number of carboxylic acid groups (broad SMARTS) is 1. The van der Waals surface area contributed by atoms with E-state index in [0.717, 1.165) is 60.6 Å². The molecule has 1 aromatic carbocycles. The van der Waals surface area contributed by atoms with Gasteiger partial charge in [-0.15, -0.1) is 0 Å². The number of nitrogens with one attached hydrogen (secondary N) is 1. The fraction of sp³-hybridized carbons (Fsp3) is 0.560. The fourth-order valence-corrected chi connectivity index (χ4v) is 5.00. The first-order valence-corrected chi connectivity index (χ1v) is 11.6. The number of carboxylic acids is 1. The zero-order valence-corrected chi connectivity index (χ0v) is 18.7. The summed E-state index contributed by atoms with van der Waals surface area (Å²) in [4.78, 5) is 36.1. The van der Waals surface area contributed by atoms with Crippen LogP contribution in [0.5, 0.6) is 5.75 Å². The highest BCUT2D eigenvalue weighted by molar-refractivity contribution is 5.86. The maximum Gasteiger partial charge on any atom is 0.339 e. The molecule has 4 rings (SSSR count). The summed E-state index contributed by atoms with van der Waals surface area (Å²) >= 11 is 0. The molecule has 1 saturated carbocycles. The van der Waals surface area contributed by atoms with Crippen molar-refractivity contribution in [2.24, 2.45) is 11.8 Å². The van der Waals surface area contributed by atoms with E-state index in [2.05, 4.69) is 5.32 Å². The molecular formula is C25H31NO6. The van der Waals surface area contributed by atoms with Gasteiger partial charge < -0.3 is 19.6 Å². The third kappa shape index (κ3) is 4.52. The summed E-state index contributed by atoms with van der Waals surface area (Å²) in [6.45, 7) is 4.07. The van der Waals surface area contributed by atoms with Crippen LogP contribution < -0.4 is 15.7 Å². The second-order valence-corrected chi connectivity index (χ2v) is 9.18. The van der Waals surface area contributed by atoms with Gasteiger partial charge in [0.05, 0.1) is 5.92 Å². The van der Waals surface area contributed by atoms with E-state index in [1.165, 1.54) is 0 Å². The monoisotopic (exact) mass is 441 g/mol. The molecule has 32 heavy (non-hydrogen) atoms. The number of hydrogen-bond donors (Lipinski definition) is 2. The number of aliphatic carboxylic acids is 1. The summed E-state index contributed by atoms with van der Waals surface area (Å²) in [7, 11) is 0. The third-order valence-electron chi connectivity index (χ3n) is 7.02. The lowest BCUT2D eigenvalue weighted by Gasteiger charge is -2.26. The lowest BCUT2D eigenvalue weighted by molar-refractivity contribution is -0.143. The molecule has 1 fully saturated rings. The number of carbonyl (C=O) groups excluding carboxylic acids is 1. The molecule has 0 unspecified atom stereocenters. The van der Waals surface area contributed by atoms with E-state index >= 15 is 0 Å². The topological polar surface area (TPSA) is 106 Å². The molecule has 0 spiro atoms. The van der Waals surface area contributed by atoms with Crippen LogP contribution in [0.25, 0.3) is 11.0 Å². The molecule has 2 N–H and O–H groups in total. The summed E-state index contributed by atoms with van der Waals surface area (Å²) in [5.41, 5.74) is 2.87. The van der Waals surface area contributed by atoms with Crippen molar-refractivity contribution in [2.45, 2.75) is 71.3 Å². The SMILES string of the molecule is Cc1c(O[C@@H](C)C(=O)NCC2CCC(C(=O)O)CC2)ccc2c3c(c(=O)oc12)CCCC3. The minimum atomic E-state index is -0.725. The quantitative estimate of drug-likeness (QED) is 0.662. The molecule has 0 saturated heterocycles. The molecule has 2 aliphatic carbocycles. The summed E-state index contributed by atoms with van der Waals surface area (Å²) in [6, 6.07) is 3.78. The maximum atomic E-state index is 12.6. The molecule has 7 heteroatoms. The van der Waals surface area contributed by atoms with Crippen LogP contribution in [0.4, 0.5) is 0 Å². The van der Waals surface area contributed by atoms with E-state index in [1.807, 2.05) is 19.1 Å². The van der Waals surface area contributed by atoms with Gasteiger partial charge in [0.1, 0.15) is 11.3 Å². The number of amides is 1. The molecule has 2 aliphatic rings. The van der Waals surface area contributed by atoms with Crippen molar-refractivity contribution in [3.05, 3.63) is 39.2 Å². The highest BCUT2D eigenvalue weighted by Crippen LogP contribution is 2.33. The molecule has 1 atom stereocenters. The summed E-state index contributed by atoms with van der Waals surface area (Å²) < 4.78 is 11.6. The van der Waals surface area contributed by atoms with Gasteiger partial charge >= 0.3 is 11.6 Å². The van der Waals surface area contributed by atoms with Crippen LogP contribution in [0.15, 0.2) is 21.3 Å². The Hall–Kier alpha value is -2.83. The second kappa shape index (κ2) is 9.35. The Balaban J connectivity index is 1.40. The van der Waals surface area contributed by atoms with Gasteiger partial charge in [-0.1, -0.05) is 0 Å². The fourth-order valence-electron chi connectivity index (χ4n) is 5.00. The first-order valence-electron chi connectivity index (χ1n) is 11.6. The first-order chi connectivity index (χ1) is 15.3. The summed E-state index contributed by atoms with van der Waals surface area (Å²) in [5, 5.41) is 13.0. The van der Waals surface area contributed by atoms with Crippen LogP contribution in [-0.4, -0.2) is 29.6 Å². The standard InChI is InChI=1S/C25H31NO6/c1-14-21(12-11-19-18-5-3-4-6-20(18)25(30)32-22(14)19)31-15(2)23(27)26-13-16-7-9-17(10-8-16)24(28)29/h11-12,15-17H,3-10,13H2,1-2H3,(H,26,27)(H,28,29)/t15-,16?,17?/m0/s1. The average Bonchev–Trinajstić information content (AvgIpc) is 2.80. The van der Waals surface area contributed by atoms with Gasteiger partial charge in [-0.05, 0) is 88.8 Å². The van der Waals surface area contributed by atoms with E-state index in [-0.39, 0.29) is 17.5 Å². The number of rotatable bonds is 6. The zero-order chi connectivity index (χ0) is 22.8. The highest BCUT2D eigenvalue weighted by atomic mass is 16.5. The predicted octanol–water partition coefficient (Wildman–Crippen LogP) is 3.75. The van der Waals surface area contributed by atoms with Crippen LogP contribution in [-0.2, 0) is 22.4 Å². The number of aryl methyl sites for hydroxylation is 2. The van der Waals surface area contributed by atoms with Gasteiger partial charge in [-0.3, -0.25) is 9.59 Å². The van der Waals surface area contributed by atoms with Gasteiger partial charge in [0.2, 0.25) is 0 Å². The van der Waals surface area contributed by atoms with Gasteiger partial charge in [-0.2, -0.15) is 0 Å². The second-order valence-electron chi connectivity index (χ2n) is 9.18. The minimum absolute atomic E-state index is 0.211. The van der Waals surface area contributed by atoms with Crippen LogP contribution in [0.3, 0.4) is 0 Å². The molecular weight excluding hydrogens is 410 g/mol. The largest absolute Gasteiger partial charge is 0.481 e. The first kappa shape index (κ1) is 22.4. The average molecular weight is 442 g/mol. The van der Waals surface area contributed by atoms with Crippen molar-refractivity contribution in [3.8, 4) is 5.75 Å². The lowest BCUT2D eigenvalue weighted by atomic mass is 9.82. The van der Waals surface area contributed by atoms with E-state index in [0.29, 0.717) is 36.6 Å².